The normalized spacial score (nSPS) is 14.8. The van der Waals surface area contributed by atoms with Crippen molar-refractivity contribution in [1.82, 2.24) is 5.32 Å². The lowest BCUT2D eigenvalue weighted by Crippen LogP contribution is -2.22. The number of nitrogens with one attached hydrogen (secondary N) is 1. The van der Waals surface area contributed by atoms with Gasteiger partial charge >= 0.3 is 0 Å². The van der Waals surface area contributed by atoms with E-state index in [2.05, 4.69) is 43.4 Å². The molecule has 0 aliphatic carbocycles. The highest BCUT2D eigenvalue weighted by Gasteiger charge is 2.15. The van der Waals surface area contributed by atoms with Crippen LogP contribution in [0.2, 0.25) is 0 Å². The highest BCUT2D eigenvalue weighted by molar-refractivity contribution is 5.29. The number of ether oxygens (including phenoxy) is 1. The van der Waals surface area contributed by atoms with Gasteiger partial charge in [0.1, 0.15) is 0 Å². The van der Waals surface area contributed by atoms with Crippen molar-refractivity contribution in [3.8, 4) is 0 Å². The van der Waals surface area contributed by atoms with Crippen molar-refractivity contribution in [2.45, 2.75) is 32.3 Å². The third-order valence-corrected chi connectivity index (χ3v) is 3.10. The molecule has 2 heteroatoms. The zero-order valence-corrected chi connectivity index (χ0v) is 10.8. The fraction of sp³-hybridized carbons (Fsp3) is 0.571. The largest absolute Gasteiger partial charge is 0.382 e. The second kappa shape index (κ2) is 6.66. The van der Waals surface area contributed by atoms with Crippen LogP contribution in [0.3, 0.4) is 0 Å². The van der Waals surface area contributed by atoms with Crippen LogP contribution in [-0.2, 0) is 4.74 Å². The van der Waals surface area contributed by atoms with E-state index < -0.39 is 0 Å². The van der Waals surface area contributed by atoms with Gasteiger partial charge in [0, 0.05) is 13.7 Å². The molecule has 2 atom stereocenters. The van der Waals surface area contributed by atoms with E-state index in [9.17, 15) is 0 Å². The third kappa shape index (κ3) is 3.62. The summed E-state index contributed by atoms with van der Waals surface area (Å²) in [5.74, 6) is 0.529. The van der Waals surface area contributed by atoms with Gasteiger partial charge < -0.3 is 10.1 Å². The molecule has 1 aromatic rings. The Kier molecular flexibility index (Phi) is 5.50. The minimum atomic E-state index is 0.304. The summed E-state index contributed by atoms with van der Waals surface area (Å²) in [4.78, 5) is 0. The first-order valence-electron chi connectivity index (χ1n) is 5.92. The fourth-order valence-corrected chi connectivity index (χ4v) is 2.11. The van der Waals surface area contributed by atoms with Crippen molar-refractivity contribution < 1.29 is 4.74 Å². The van der Waals surface area contributed by atoms with Crippen molar-refractivity contribution in [3.05, 3.63) is 35.4 Å². The molecule has 0 fully saturated rings. The Labute approximate surface area is 99.0 Å². The summed E-state index contributed by atoms with van der Waals surface area (Å²) in [6.07, 6.45) is 1.36. The molecule has 1 aromatic carbocycles. The molecule has 0 bridgehead atoms. The van der Waals surface area contributed by atoms with Gasteiger partial charge in [-0.1, -0.05) is 24.3 Å². The molecule has 0 aromatic heterocycles. The Morgan fingerprint density at radius 1 is 1.31 bits per heavy atom. The highest BCUT2D eigenvalue weighted by Crippen LogP contribution is 2.24. The number of hydrogen-bond acceptors (Lipinski definition) is 2. The molecule has 0 amide bonds. The van der Waals surface area contributed by atoms with Crippen LogP contribution in [-0.4, -0.2) is 26.8 Å². The fourth-order valence-electron chi connectivity index (χ4n) is 2.11. The first-order chi connectivity index (χ1) is 7.69. The molecule has 0 saturated heterocycles. The smallest absolute Gasteiger partial charge is 0.0549 e. The van der Waals surface area contributed by atoms with Gasteiger partial charge in [-0.2, -0.15) is 0 Å². The summed E-state index contributed by atoms with van der Waals surface area (Å²) >= 11 is 0. The summed E-state index contributed by atoms with van der Waals surface area (Å²) in [5.41, 5.74) is 2.80. The highest BCUT2D eigenvalue weighted by atomic mass is 16.5. The van der Waals surface area contributed by atoms with E-state index >= 15 is 0 Å². The molecular weight excluding hydrogens is 198 g/mol. The molecular formula is C14H23NO. The maximum Gasteiger partial charge on any atom is 0.0549 e. The number of benzene rings is 1. The Balaban J connectivity index is 2.80. The first kappa shape index (κ1) is 13.2. The van der Waals surface area contributed by atoms with E-state index in [1.54, 1.807) is 7.11 Å². The van der Waals surface area contributed by atoms with Crippen molar-refractivity contribution in [2.24, 2.45) is 0 Å². The molecule has 2 unspecified atom stereocenters. The topological polar surface area (TPSA) is 21.3 Å². The van der Waals surface area contributed by atoms with Gasteiger partial charge in [-0.05, 0) is 44.4 Å². The number of likely N-dealkylation sites (N-methyl/N-ethyl adjacent to an activating group) is 1. The van der Waals surface area contributed by atoms with Crippen molar-refractivity contribution in [2.75, 3.05) is 20.7 Å². The third-order valence-electron chi connectivity index (χ3n) is 3.10. The van der Waals surface area contributed by atoms with Crippen molar-refractivity contribution in [3.63, 3.8) is 0 Å². The Hall–Kier alpha value is -0.860. The second-order valence-corrected chi connectivity index (χ2v) is 4.39. The summed E-state index contributed by atoms with van der Waals surface area (Å²) in [6, 6.07) is 8.60. The summed E-state index contributed by atoms with van der Waals surface area (Å²) in [5, 5.41) is 3.27. The van der Waals surface area contributed by atoms with Crippen LogP contribution in [0.5, 0.6) is 0 Å². The van der Waals surface area contributed by atoms with E-state index in [1.165, 1.54) is 11.1 Å². The van der Waals surface area contributed by atoms with Crippen LogP contribution in [0.25, 0.3) is 0 Å². The lowest BCUT2D eigenvalue weighted by molar-refractivity contribution is 0.104. The van der Waals surface area contributed by atoms with Gasteiger partial charge in [0.05, 0.1) is 6.10 Å². The number of methoxy groups -OCH3 is 1. The predicted molar refractivity (Wildman–Crippen MR) is 68.9 cm³/mol. The van der Waals surface area contributed by atoms with Crippen LogP contribution in [0, 0.1) is 6.92 Å². The van der Waals surface area contributed by atoms with Crippen LogP contribution >= 0.6 is 0 Å². The Morgan fingerprint density at radius 3 is 2.56 bits per heavy atom. The first-order valence-corrected chi connectivity index (χ1v) is 5.92. The molecule has 0 aliphatic rings. The average Bonchev–Trinajstić information content (AvgIpc) is 2.29. The Morgan fingerprint density at radius 2 is 2.00 bits per heavy atom. The summed E-state index contributed by atoms with van der Waals surface area (Å²) < 4.78 is 5.36. The number of hydrogen-bond donors (Lipinski definition) is 1. The molecule has 1 N–H and O–H groups in total. The Bertz CT molecular complexity index is 311. The molecule has 0 heterocycles. The van der Waals surface area contributed by atoms with E-state index in [0.717, 1.165) is 13.0 Å². The molecule has 16 heavy (non-hydrogen) atoms. The van der Waals surface area contributed by atoms with Crippen LogP contribution in [0.1, 0.15) is 30.4 Å². The zero-order chi connectivity index (χ0) is 12.0. The van der Waals surface area contributed by atoms with E-state index in [4.69, 9.17) is 4.74 Å². The molecule has 0 aliphatic heterocycles. The van der Waals surface area contributed by atoms with Gasteiger partial charge in [-0.25, -0.2) is 0 Å². The molecule has 0 saturated carbocycles. The van der Waals surface area contributed by atoms with Gasteiger partial charge in [-0.15, -0.1) is 0 Å². The number of rotatable bonds is 6. The maximum absolute atomic E-state index is 5.36. The van der Waals surface area contributed by atoms with E-state index in [1.807, 2.05) is 7.05 Å². The van der Waals surface area contributed by atoms with Gasteiger partial charge in [0.15, 0.2) is 0 Å². The SMILES string of the molecule is CNCC(CC(C)OC)c1ccccc1C. The maximum atomic E-state index is 5.36. The molecule has 0 radical (unpaired) electrons. The lowest BCUT2D eigenvalue weighted by atomic mass is 9.90. The molecule has 0 spiro atoms. The monoisotopic (exact) mass is 221 g/mol. The predicted octanol–water partition coefficient (Wildman–Crippen LogP) is 2.72. The van der Waals surface area contributed by atoms with Crippen molar-refractivity contribution in [1.29, 1.82) is 0 Å². The minimum absolute atomic E-state index is 0.304. The molecule has 2 nitrogen and oxygen atoms in total. The van der Waals surface area contributed by atoms with Crippen LogP contribution in [0.15, 0.2) is 24.3 Å². The van der Waals surface area contributed by atoms with Gasteiger partial charge in [-0.3, -0.25) is 0 Å². The minimum Gasteiger partial charge on any atom is -0.382 e. The van der Waals surface area contributed by atoms with E-state index in [-0.39, 0.29) is 0 Å². The standard InChI is InChI=1S/C14H23NO/c1-11-7-5-6-8-14(11)13(10-15-3)9-12(2)16-4/h5-8,12-13,15H,9-10H2,1-4H3. The van der Waals surface area contributed by atoms with Gasteiger partial charge in [0.25, 0.3) is 0 Å². The van der Waals surface area contributed by atoms with Crippen LogP contribution < -0.4 is 5.32 Å². The lowest BCUT2D eigenvalue weighted by Gasteiger charge is -2.22. The van der Waals surface area contributed by atoms with Crippen LogP contribution in [0.4, 0.5) is 0 Å². The zero-order valence-electron chi connectivity index (χ0n) is 10.8. The summed E-state index contributed by atoms with van der Waals surface area (Å²) in [6.45, 7) is 5.30. The summed E-state index contributed by atoms with van der Waals surface area (Å²) in [7, 11) is 3.78. The van der Waals surface area contributed by atoms with Crippen molar-refractivity contribution >= 4 is 0 Å². The molecule has 1 rings (SSSR count). The molecule has 90 valence electrons. The number of aryl methyl sites for hydroxylation is 1. The quantitative estimate of drug-likeness (QED) is 0.797. The second-order valence-electron chi connectivity index (χ2n) is 4.39. The van der Waals surface area contributed by atoms with E-state index in [0.29, 0.717) is 12.0 Å². The average molecular weight is 221 g/mol. The van der Waals surface area contributed by atoms with Gasteiger partial charge in [0.2, 0.25) is 0 Å².